The summed E-state index contributed by atoms with van der Waals surface area (Å²) in [6.07, 6.45) is -0.0837. The molecule has 0 fully saturated rings. The molecule has 1 rings (SSSR count). The summed E-state index contributed by atoms with van der Waals surface area (Å²) in [6.45, 7) is 4.00. The molecule has 1 aromatic rings. The average Bonchev–Trinajstić information content (AvgIpc) is 2.22. The van der Waals surface area contributed by atoms with E-state index in [1.165, 1.54) is 12.1 Å². The lowest BCUT2D eigenvalue weighted by Crippen LogP contribution is -1.99. The molecular weight excluding hydrogens is 234 g/mol. The van der Waals surface area contributed by atoms with Gasteiger partial charge in [0.05, 0.1) is 6.42 Å². The van der Waals surface area contributed by atoms with Crippen LogP contribution in [0, 0.1) is 0 Å². The number of alkyl halides is 2. The molecule has 5 heteroatoms. The van der Waals surface area contributed by atoms with Gasteiger partial charge in [0.15, 0.2) is 0 Å². The SMILES string of the molecule is CC.O=C(O)Cc1ccc(SC(F)F)cc1. The minimum absolute atomic E-state index is 0.0837. The molecule has 2 nitrogen and oxygen atoms in total. The van der Waals surface area contributed by atoms with Gasteiger partial charge in [-0.2, -0.15) is 8.78 Å². The standard InChI is InChI=1S/C9H8F2O2S.C2H6/c10-9(11)14-7-3-1-6(2-4-7)5-8(12)13;1-2/h1-4,9H,5H2,(H,12,13);1-2H3. The van der Waals surface area contributed by atoms with Gasteiger partial charge in [0.1, 0.15) is 0 Å². The number of hydrogen-bond donors (Lipinski definition) is 1. The van der Waals surface area contributed by atoms with Crippen LogP contribution in [0.3, 0.4) is 0 Å². The predicted octanol–water partition coefficient (Wildman–Crippen LogP) is 3.65. The van der Waals surface area contributed by atoms with E-state index in [1.54, 1.807) is 12.1 Å². The van der Waals surface area contributed by atoms with E-state index in [1.807, 2.05) is 13.8 Å². The molecule has 1 N–H and O–H groups in total. The van der Waals surface area contributed by atoms with Crippen LogP contribution in [0.2, 0.25) is 0 Å². The summed E-state index contributed by atoms with van der Waals surface area (Å²) in [4.78, 5) is 10.7. The van der Waals surface area contributed by atoms with Gasteiger partial charge in [-0.15, -0.1) is 0 Å². The van der Waals surface area contributed by atoms with E-state index in [4.69, 9.17) is 5.11 Å². The fourth-order valence-corrected chi connectivity index (χ4v) is 1.46. The van der Waals surface area contributed by atoms with Crippen LogP contribution in [0.1, 0.15) is 19.4 Å². The molecule has 0 radical (unpaired) electrons. The lowest BCUT2D eigenvalue weighted by atomic mass is 10.2. The van der Waals surface area contributed by atoms with Crippen molar-refractivity contribution in [2.45, 2.75) is 30.9 Å². The first kappa shape index (κ1) is 14.9. The van der Waals surface area contributed by atoms with E-state index in [0.717, 1.165) is 0 Å². The maximum absolute atomic E-state index is 11.9. The normalized spacial score (nSPS) is 9.56. The van der Waals surface area contributed by atoms with Gasteiger partial charge in [-0.1, -0.05) is 37.7 Å². The molecule has 0 aromatic heterocycles. The summed E-state index contributed by atoms with van der Waals surface area (Å²) < 4.78 is 23.8. The first-order chi connectivity index (χ1) is 7.58. The summed E-state index contributed by atoms with van der Waals surface area (Å²) in [7, 11) is 0. The largest absolute Gasteiger partial charge is 0.481 e. The van der Waals surface area contributed by atoms with Gasteiger partial charge in [0.25, 0.3) is 5.76 Å². The highest BCUT2D eigenvalue weighted by Gasteiger charge is 2.05. The first-order valence-electron chi connectivity index (χ1n) is 4.83. The molecule has 1 aromatic carbocycles. The number of carbonyl (C=O) groups is 1. The molecule has 0 saturated heterocycles. The summed E-state index contributed by atoms with van der Waals surface area (Å²) in [6, 6.07) is 6.07. The van der Waals surface area contributed by atoms with Crippen molar-refractivity contribution in [3.05, 3.63) is 29.8 Å². The molecule has 0 saturated carbocycles. The number of rotatable bonds is 4. The van der Waals surface area contributed by atoms with Crippen LogP contribution in [0.15, 0.2) is 29.2 Å². The van der Waals surface area contributed by atoms with Crippen molar-refractivity contribution in [2.75, 3.05) is 0 Å². The Morgan fingerprint density at radius 2 is 1.81 bits per heavy atom. The monoisotopic (exact) mass is 248 g/mol. The van der Waals surface area contributed by atoms with Crippen molar-refractivity contribution in [3.63, 3.8) is 0 Å². The van der Waals surface area contributed by atoms with E-state index >= 15 is 0 Å². The van der Waals surface area contributed by atoms with Crippen molar-refractivity contribution < 1.29 is 18.7 Å². The molecule has 0 aliphatic carbocycles. The van der Waals surface area contributed by atoms with Crippen LogP contribution < -0.4 is 0 Å². The Hall–Kier alpha value is -1.10. The van der Waals surface area contributed by atoms with Crippen LogP contribution >= 0.6 is 11.8 Å². The topological polar surface area (TPSA) is 37.3 Å². The molecule has 90 valence electrons. The van der Waals surface area contributed by atoms with Gasteiger partial charge in [0.2, 0.25) is 0 Å². The number of hydrogen-bond acceptors (Lipinski definition) is 2. The molecule has 0 heterocycles. The summed E-state index contributed by atoms with van der Waals surface area (Å²) >= 11 is 0.445. The molecule has 0 atom stereocenters. The maximum Gasteiger partial charge on any atom is 0.307 e. The van der Waals surface area contributed by atoms with Crippen LogP contribution in [-0.2, 0) is 11.2 Å². The van der Waals surface area contributed by atoms with Crippen LogP contribution in [0.25, 0.3) is 0 Å². The van der Waals surface area contributed by atoms with E-state index in [9.17, 15) is 13.6 Å². The summed E-state index contributed by atoms with van der Waals surface area (Å²) in [5.41, 5.74) is 0.608. The number of benzene rings is 1. The molecule has 0 aliphatic heterocycles. The summed E-state index contributed by atoms with van der Waals surface area (Å²) in [5, 5.41) is 8.46. The number of aliphatic carboxylic acids is 1. The molecule has 0 aliphatic rings. The highest BCUT2D eigenvalue weighted by atomic mass is 32.2. The minimum Gasteiger partial charge on any atom is -0.481 e. The van der Waals surface area contributed by atoms with Crippen molar-refractivity contribution in [1.82, 2.24) is 0 Å². The molecular formula is C11H14F2O2S. The van der Waals surface area contributed by atoms with Gasteiger partial charge < -0.3 is 5.11 Å². The fraction of sp³-hybridized carbons (Fsp3) is 0.364. The number of carboxylic acids is 1. The van der Waals surface area contributed by atoms with E-state index in [-0.39, 0.29) is 6.42 Å². The first-order valence-corrected chi connectivity index (χ1v) is 5.71. The second-order valence-corrected chi connectivity index (χ2v) is 3.66. The third kappa shape index (κ3) is 6.40. The van der Waals surface area contributed by atoms with E-state index in [0.29, 0.717) is 22.2 Å². The third-order valence-electron chi connectivity index (χ3n) is 1.50. The Bertz CT molecular complexity index is 312. The molecule has 0 bridgehead atoms. The zero-order chi connectivity index (χ0) is 12.6. The van der Waals surface area contributed by atoms with Gasteiger partial charge in [-0.05, 0) is 17.7 Å². The quantitative estimate of drug-likeness (QED) is 0.826. The van der Waals surface area contributed by atoms with E-state index in [2.05, 4.69) is 0 Å². The van der Waals surface area contributed by atoms with Crippen LogP contribution in [0.5, 0.6) is 0 Å². The number of halogens is 2. The van der Waals surface area contributed by atoms with Crippen LogP contribution in [-0.4, -0.2) is 16.8 Å². The Labute approximate surface area is 97.7 Å². The number of thioether (sulfide) groups is 1. The lowest BCUT2D eigenvalue weighted by molar-refractivity contribution is -0.136. The van der Waals surface area contributed by atoms with Crippen molar-refractivity contribution >= 4 is 17.7 Å². The van der Waals surface area contributed by atoms with Gasteiger partial charge in [-0.3, -0.25) is 4.79 Å². The number of carboxylic acid groups (broad SMARTS) is 1. The lowest BCUT2D eigenvalue weighted by Gasteiger charge is -2.01. The minimum atomic E-state index is -2.44. The van der Waals surface area contributed by atoms with Crippen LogP contribution in [0.4, 0.5) is 8.78 Å². The van der Waals surface area contributed by atoms with Gasteiger partial charge >= 0.3 is 5.97 Å². The van der Waals surface area contributed by atoms with Crippen molar-refractivity contribution in [2.24, 2.45) is 0 Å². The Morgan fingerprint density at radius 3 is 2.19 bits per heavy atom. The molecule has 0 unspecified atom stereocenters. The summed E-state index contributed by atoms with van der Waals surface area (Å²) in [5.74, 6) is -3.38. The second-order valence-electron chi connectivity index (χ2n) is 2.59. The zero-order valence-electron chi connectivity index (χ0n) is 9.11. The third-order valence-corrected chi connectivity index (χ3v) is 2.23. The smallest absolute Gasteiger partial charge is 0.307 e. The molecule has 16 heavy (non-hydrogen) atoms. The maximum atomic E-state index is 11.9. The Balaban J connectivity index is 0.00000106. The molecule has 0 spiro atoms. The average molecular weight is 248 g/mol. The van der Waals surface area contributed by atoms with Crippen molar-refractivity contribution in [3.8, 4) is 0 Å². The second kappa shape index (κ2) is 8.10. The zero-order valence-corrected chi connectivity index (χ0v) is 9.93. The Morgan fingerprint density at radius 1 is 1.31 bits per heavy atom. The fourth-order valence-electron chi connectivity index (χ4n) is 0.963. The predicted molar refractivity (Wildman–Crippen MR) is 61.0 cm³/mol. The van der Waals surface area contributed by atoms with E-state index < -0.39 is 11.7 Å². The highest BCUT2D eigenvalue weighted by Crippen LogP contribution is 2.25. The highest BCUT2D eigenvalue weighted by molar-refractivity contribution is 7.99. The van der Waals surface area contributed by atoms with Gasteiger partial charge in [-0.25, -0.2) is 0 Å². The Kier molecular flexibility index (Phi) is 7.54. The van der Waals surface area contributed by atoms with Gasteiger partial charge in [0, 0.05) is 4.90 Å². The van der Waals surface area contributed by atoms with Crippen molar-refractivity contribution in [1.29, 1.82) is 0 Å². The molecule has 0 amide bonds.